The number of likely N-dealkylation sites (N-methyl/N-ethyl adjacent to an activating group) is 1. The van der Waals surface area contributed by atoms with Crippen LogP contribution in [-0.2, 0) is 0 Å². The summed E-state index contributed by atoms with van der Waals surface area (Å²) in [6, 6.07) is 4.86. The van der Waals surface area contributed by atoms with Gasteiger partial charge >= 0.3 is 0 Å². The highest BCUT2D eigenvalue weighted by Gasteiger charge is 2.36. The van der Waals surface area contributed by atoms with Crippen molar-refractivity contribution in [3.8, 4) is 0 Å². The summed E-state index contributed by atoms with van der Waals surface area (Å²) in [5, 5.41) is 5.76. The maximum Gasteiger partial charge on any atom is 0.233 e. The summed E-state index contributed by atoms with van der Waals surface area (Å²) in [5.74, 6) is 3.01. The maximum atomic E-state index is 5.16. The normalized spacial score (nSPS) is 23.0. The molecule has 0 saturated carbocycles. The van der Waals surface area contributed by atoms with Gasteiger partial charge in [0, 0.05) is 36.6 Å². The molecule has 2 aromatic heterocycles. The predicted molar refractivity (Wildman–Crippen MR) is 145 cm³/mol. The van der Waals surface area contributed by atoms with Crippen molar-refractivity contribution in [3.63, 3.8) is 0 Å². The predicted octanol–water partition coefficient (Wildman–Crippen LogP) is 4.14. The number of rotatable bonds is 6. The number of likely N-dealkylation sites (tertiary alicyclic amines) is 1. The number of aromatic nitrogens is 3. The van der Waals surface area contributed by atoms with E-state index in [4.69, 9.17) is 9.98 Å². The van der Waals surface area contributed by atoms with Gasteiger partial charge in [-0.1, -0.05) is 19.4 Å². The molecule has 0 amide bonds. The Labute approximate surface area is 213 Å². The van der Waals surface area contributed by atoms with Crippen LogP contribution in [0.1, 0.15) is 56.3 Å². The van der Waals surface area contributed by atoms with Crippen molar-refractivity contribution in [3.05, 3.63) is 39.4 Å². The van der Waals surface area contributed by atoms with Gasteiger partial charge in [0.05, 0.1) is 12.1 Å². The highest BCUT2D eigenvalue weighted by molar-refractivity contribution is 7.10. The molecule has 188 valence electrons. The van der Waals surface area contributed by atoms with E-state index >= 15 is 0 Å². The Kier molecular flexibility index (Phi) is 7.45. The standard InChI is InChI=1S/C26H38N8S/c1-5-20-18(2)22(23(21-10-9-17-35-21)33-11-7-6-8-12-33)24(29-20)30-25-27-19(3)28-26(31-25)34-15-13-32(4)14-16-34/h9-10,17,20,23H,5-8,11-16H2,1-4H3,(H,27,28,29,30,31). The second-order valence-electron chi connectivity index (χ2n) is 9.93. The van der Waals surface area contributed by atoms with Crippen LogP contribution < -0.4 is 10.2 Å². The third-order valence-corrected chi connectivity index (χ3v) is 8.37. The number of piperidine rings is 1. The van der Waals surface area contributed by atoms with Gasteiger partial charge in [-0.05, 0) is 70.3 Å². The zero-order valence-electron chi connectivity index (χ0n) is 21.5. The molecule has 0 spiro atoms. The number of aliphatic imine (C=N–C) groups is 1. The van der Waals surface area contributed by atoms with E-state index in [0.717, 1.165) is 63.3 Å². The van der Waals surface area contributed by atoms with Gasteiger partial charge in [0.25, 0.3) is 0 Å². The number of amidine groups is 1. The Morgan fingerprint density at radius 3 is 2.49 bits per heavy atom. The molecule has 3 aliphatic heterocycles. The van der Waals surface area contributed by atoms with Crippen LogP contribution in [0.25, 0.3) is 0 Å². The van der Waals surface area contributed by atoms with E-state index in [0.29, 0.717) is 5.95 Å². The fourth-order valence-electron chi connectivity index (χ4n) is 5.44. The molecule has 0 bridgehead atoms. The van der Waals surface area contributed by atoms with Crippen LogP contribution in [0.15, 0.2) is 33.7 Å². The summed E-state index contributed by atoms with van der Waals surface area (Å²) < 4.78 is 0. The zero-order valence-corrected chi connectivity index (χ0v) is 22.3. The first-order valence-corrected chi connectivity index (χ1v) is 13.9. The van der Waals surface area contributed by atoms with Gasteiger partial charge in [-0.25, -0.2) is 0 Å². The third kappa shape index (κ3) is 5.27. The molecule has 3 aliphatic rings. The number of aryl methyl sites for hydroxylation is 1. The van der Waals surface area contributed by atoms with Gasteiger partial charge in [0.2, 0.25) is 11.9 Å². The molecule has 0 radical (unpaired) electrons. The van der Waals surface area contributed by atoms with E-state index in [1.165, 1.54) is 35.3 Å². The maximum absolute atomic E-state index is 5.16. The number of nitrogens with zero attached hydrogens (tertiary/aromatic N) is 7. The first-order chi connectivity index (χ1) is 17.0. The summed E-state index contributed by atoms with van der Waals surface area (Å²) in [6.45, 7) is 12.6. The topological polar surface area (TPSA) is 72.8 Å². The number of piperazine rings is 1. The smallest absolute Gasteiger partial charge is 0.233 e. The Morgan fingerprint density at radius 2 is 1.80 bits per heavy atom. The molecule has 5 rings (SSSR count). The van der Waals surface area contributed by atoms with Crippen LogP contribution in [0, 0.1) is 6.92 Å². The van der Waals surface area contributed by atoms with Gasteiger partial charge in [-0.15, -0.1) is 11.3 Å². The SMILES string of the molecule is CCC1N=C(Nc2nc(C)nc(N3CCN(C)CC3)n2)C(C(c2cccs2)N2CCCCC2)=C1C. The third-order valence-electron chi connectivity index (χ3n) is 7.45. The van der Waals surface area contributed by atoms with Crippen LogP contribution in [0.5, 0.6) is 0 Å². The molecule has 2 fully saturated rings. The van der Waals surface area contributed by atoms with E-state index in [1.807, 2.05) is 18.3 Å². The van der Waals surface area contributed by atoms with E-state index in [-0.39, 0.29) is 12.1 Å². The molecule has 2 saturated heterocycles. The first-order valence-electron chi connectivity index (χ1n) is 13.0. The number of anilines is 2. The van der Waals surface area contributed by atoms with Gasteiger partial charge < -0.3 is 15.1 Å². The summed E-state index contributed by atoms with van der Waals surface area (Å²) in [4.78, 5) is 28.0. The van der Waals surface area contributed by atoms with Crippen LogP contribution in [0.4, 0.5) is 11.9 Å². The second-order valence-corrected chi connectivity index (χ2v) is 10.9. The lowest BCUT2D eigenvalue weighted by Crippen LogP contribution is -2.45. The van der Waals surface area contributed by atoms with Crippen molar-refractivity contribution < 1.29 is 0 Å². The highest BCUT2D eigenvalue weighted by Crippen LogP contribution is 2.40. The van der Waals surface area contributed by atoms with Gasteiger partial charge in [0.15, 0.2) is 0 Å². The van der Waals surface area contributed by atoms with Crippen molar-refractivity contribution in [1.29, 1.82) is 0 Å². The number of hydrogen-bond donors (Lipinski definition) is 1. The molecule has 2 aromatic rings. The minimum atomic E-state index is 0.194. The van der Waals surface area contributed by atoms with Gasteiger partial charge in [-0.3, -0.25) is 9.89 Å². The molecule has 8 nitrogen and oxygen atoms in total. The Morgan fingerprint density at radius 1 is 1.03 bits per heavy atom. The minimum Gasteiger partial charge on any atom is -0.338 e. The fraction of sp³-hybridized carbons (Fsp3) is 0.615. The first kappa shape index (κ1) is 24.3. The molecule has 0 aromatic carbocycles. The highest BCUT2D eigenvalue weighted by atomic mass is 32.1. The van der Waals surface area contributed by atoms with E-state index in [1.54, 1.807) is 0 Å². The minimum absolute atomic E-state index is 0.194. The van der Waals surface area contributed by atoms with Crippen LogP contribution in [-0.4, -0.2) is 82.9 Å². The lowest BCUT2D eigenvalue weighted by Gasteiger charge is -2.36. The summed E-state index contributed by atoms with van der Waals surface area (Å²) in [5.41, 5.74) is 2.67. The van der Waals surface area contributed by atoms with Gasteiger partial charge in [-0.2, -0.15) is 15.0 Å². The average molecular weight is 495 g/mol. The quantitative estimate of drug-likeness (QED) is 0.647. The molecular weight excluding hydrogens is 456 g/mol. The number of hydrogen-bond acceptors (Lipinski definition) is 9. The van der Waals surface area contributed by atoms with Crippen molar-refractivity contribution in [2.75, 3.05) is 56.5 Å². The lowest BCUT2D eigenvalue weighted by molar-refractivity contribution is 0.190. The molecule has 5 heterocycles. The summed E-state index contributed by atoms with van der Waals surface area (Å²) >= 11 is 1.84. The van der Waals surface area contributed by atoms with Crippen molar-refractivity contribution in [2.45, 2.75) is 58.5 Å². The molecule has 9 heteroatoms. The molecular formula is C26H38N8S. The monoisotopic (exact) mass is 494 g/mol. The lowest BCUT2D eigenvalue weighted by atomic mass is 9.94. The van der Waals surface area contributed by atoms with Crippen molar-refractivity contribution in [2.24, 2.45) is 4.99 Å². The van der Waals surface area contributed by atoms with Crippen LogP contribution in [0.2, 0.25) is 0 Å². The zero-order chi connectivity index (χ0) is 24.4. The number of nitrogens with one attached hydrogen (secondary N) is 1. The molecule has 1 N–H and O–H groups in total. The largest absolute Gasteiger partial charge is 0.338 e. The van der Waals surface area contributed by atoms with Crippen molar-refractivity contribution in [1.82, 2.24) is 24.8 Å². The van der Waals surface area contributed by atoms with E-state index < -0.39 is 0 Å². The Bertz CT molecular complexity index is 1070. The molecule has 2 atom stereocenters. The van der Waals surface area contributed by atoms with Crippen molar-refractivity contribution >= 4 is 29.1 Å². The summed E-state index contributed by atoms with van der Waals surface area (Å²) in [6.07, 6.45) is 4.82. The Balaban J connectivity index is 1.47. The van der Waals surface area contributed by atoms with Gasteiger partial charge in [0.1, 0.15) is 11.7 Å². The van der Waals surface area contributed by atoms with E-state index in [2.05, 4.69) is 68.4 Å². The molecule has 0 aliphatic carbocycles. The van der Waals surface area contributed by atoms with E-state index in [9.17, 15) is 0 Å². The summed E-state index contributed by atoms with van der Waals surface area (Å²) in [7, 11) is 2.16. The Hall–Kier alpha value is -2.36. The van der Waals surface area contributed by atoms with Crippen LogP contribution in [0.3, 0.4) is 0 Å². The second kappa shape index (κ2) is 10.7. The fourth-order valence-corrected chi connectivity index (χ4v) is 6.30. The number of thiophene rings is 1. The average Bonchev–Trinajstić information content (AvgIpc) is 3.49. The van der Waals surface area contributed by atoms with Crippen LogP contribution >= 0.6 is 11.3 Å². The molecule has 2 unspecified atom stereocenters. The molecule has 35 heavy (non-hydrogen) atoms.